The number of nitrogens with one attached hydrogen (secondary N) is 1. The lowest BCUT2D eigenvalue weighted by molar-refractivity contribution is -0.390. The predicted octanol–water partition coefficient (Wildman–Crippen LogP) is 1.29. The van der Waals surface area contributed by atoms with E-state index in [1.54, 1.807) is 4.98 Å². The summed E-state index contributed by atoms with van der Waals surface area (Å²) < 4.78 is 44.0. The number of aromatic amines is 1. The number of pyridine rings is 1. The lowest BCUT2D eigenvalue weighted by atomic mass is 10.2. The summed E-state index contributed by atoms with van der Waals surface area (Å²) in [6.07, 6.45) is -5.87. The summed E-state index contributed by atoms with van der Waals surface area (Å²) in [5.41, 5.74) is -1.76. The van der Waals surface area contributed by atoms with Crippen LogP contribution in [0.15, 0.2) is 10.9 Å². The summed E-state index contributed by atoms with van der Waals surface area (Å²) in [7, 11) is 0. The fraction of sp³-hybridized carbons (Fsp3) is 0.400. The van der Waals surface area contributed by atoms with E-state index in [9.17, 15) is 32.9 Å². The minimum Gasteiger partial charge on any atom is -0.466 e. The number of alkyl halides is 3. The van der Waals surface area contributed by atoms with E-state index in [0.717, 1.165) is 0 Å². The van der Waals surface area contributed by atoms with Crippen LogP contribution in [0.2, 0.25) is 0 Å². The van der Waals surface area contributed by atoms with Gasteiger partial charge >= 0.3 is 18.1 Å². The molecule has 0 amide bonds. The molecule has 0 aromatic carbocycles. The van der Waals surface area contributed by atoms with Crippen LogP contribution in [-0.2, 0) is 16.0 Å². The highest BCUT2D eigenvalue weighted by molar-refractivity contribution is 5.73. The largest absolute Gasteiger partial charge is 0.575 e. The third kappa shape index (κ3) is 4.78. The fourth-order valence-corrected chi connectivity index (χ4v) is 1.41. The maximum Gasteiger partial charge on any atom is 0.575 e. The smallest absolute Gasteiger partial charge is 0.466 e. The van der Waals surface area contributed by atoms with Crippen molar-refractivity contribution >= 4 is 11.8 Å². The molecule has 1 aromatic heterocycles. The molecule has 116 valence electrons. The van der Waals surface area contributed by atoms with E-state index in [4.69, 9.17) is 0 Å². The van der Waals surface area contributed by atoms with E-state index in [1.807, 2.05) is 0 Å². The van der Waals surface area contributed by atoms with Crippen molar-refractivity contribution in [1.82, 2.24) is 4.98 Å². The highest BCUT2D eigenvalue weighted by Crippen LogP contribution is 2.23. The third-order valence-corrected chi connectivity index (χ3v) is 2.12. The van der Waals surface area contributed by atoms with E-state index >= 15 is 0 Å². The first-order chi connectivity index (χ1) is 9.64. The number of hydrogen-bond donors (Lipinski definition) is 1. The first-order valence-electron chi connectivity index (χ1n) is 5.46. The second-order valence-electron chi connectivity index (χ2n) is 3.61. The zero-order valence-electron chi connectivity index (χ0n) is 10.5. The maximum absolute atomic E-state index is 12.0. The molecule has 0 radical (unpaired) electrons. The molecule has 0 atom stereocenters. The SMILES string of the molecule is CCOC(=O)Cc1c([N+](=O)[O-])[nH]c(OC(F)(F)F)cc1=O. The minimum absolute atomic E-state index is 0.0141. The average molecular weight is 310 g/mol. The van der Waals surface area contributed by atoms with Gasteiger partial charge in [-0.2, -0.15) is 0 Å². The van der Waals surface area contributed by atoms with Gasteiger partial charge in [-0.1, -0.05) is 0 Å². The first-order valence-corrected chi connectivity index (χ1v) is 5.46. The van der Waals surface area contributed by atoms with E-state index in [-0.39, 0.29) is 6.61 Å². The van der Waals surface area contributed by atoms with E-state index in [0.29, 0.717) is 6.07 Å². The van der Waals surface area contributed by atoms with Crippen molar-refractivity contribution in [3.8, 4) is 5.88 Å². The van der Waals surface area contributed by atoms with Crippen molar-refractivity contribution < 1.29 is 32.4 Å². The fourth-order valence-electron chi connectivity index (χ4n) is 1.41. The molecule has 1 heterocycles. The Morgan fingerprint density at radius 3 is 2.57 bits per heavy atom. The zero-order valence-corrected chi connectivity index (χ0v) is 10.5. The first kappa shape index (κ1) is 16.5. The number of esters is 1. The van der Waals surface area contributed by atoms with Gasteiger partial charge in [0.15, 0.2) is 5.43 Å². The number of carbonyl (C=O) groups excluding carboxylic acids is 1. The molecule has 1 N–H and O–H groups in total. The highest BCUT2D eigenvalue weighted by atomic mass is 19.4. The molecule has 0 aliphatic carbocycles. The lowest BCUT2D eigenvalue weighted by Gasteiger charge is -2.08. The second-order valence-corrected chi connectivity index (χ2v) is 3.61. The summed E-state index contributed by atoms with van der Waals surface area (Å²) in [6, 6.07) is 0.370. The predicted molar refractivity (Wildman–Crippen MR) is 60.7 cm³/mol. The number of nitro groups is 1. The Kier molecular flexibility index (Phi) is 4.89. The number of hydrogen-bond acceptors (Lipinski definition) is 6. The molecule has 0 fully saturated rings. The Labute approximate surface area is 114 Å². The Morgan fingerprint density at radius 1 is 1.48 bits per heavy atom. The Morgan fingerprint density at radius 2 is 2.10 bits per heavy atom. The van der Waals surface area contributed by atoms with Gasteiger partial charge in [0.25, 0.3) is 5.88 Å². The number of ether oxygens (including phenoxy) is 2. The molecule has 11 heteroatoms. The number of halogens is 3. The van der Waals surface area contributed by atoms with Crippen LogP contribution in [0.4, 0.5) is 19.0 Å². The molecule has 0 spiro atoms. The Balaban J connectivity index is 3.23. The van der Waals surface area contributed by atoms with Gasteiger partial charge in [0.05, 0.1) is 19.1 Å². The van der Waals surface area contributed by atoms with Crippen LogP contribution in [0.1, 0.15) is 12.5 Å². The molecular weight excluding hydrogens is 301 g/mol. The Hall–Kier alpha value is -2.59. The van der Waals surface area contributed by atoms with Crippen molar-refractivity contribution in [2.75, 3.05) is 6.61 Å². The van der Waals surface area contributed by atoms with Crippen LogP contribution in [0.25, 0.3) is 0 Å². The molecule has 21 heavy (non-hydrogen) atoms. The topological polar surface area (TPSA) is 112 Å². The van der Waals surface area contributed by atoms with Crippen molar-refractivity contribution in [3.05, 3.63) is 32.0 Å². The van der Waals surface area contributed by atoms with Crippen molar-refractivity contribution in [2.45, 2.75) is 19.7 Å². The van der Waals surface area contributed by atoms with Gasteiger partial charge in [-0.05, 0) is 11.8 Å². The van der Waals surface area contributed by atoms with Gasteiger partial charge in [-0.25, -0.2) is 4.98 Å². The molecule has 1 aromatic rings. The normalized spacial score (nSPS) is 11.0. The molecule has 0 aliphatic heterocycles. The van der Waals surface area contributed by atoms with Crippen LogP contribution < -0.4 is 10.2 Å². The highest BCUT2D eigenvalue weighted by Gasteiger charge is 2.34. The number of H-pyrrole nitrogens is 1. The van der Waals surface area contributed by atoms with Gasteiger partial charge in [-0.15, -0.1) is 13.2 Å². The zero-order chi connectivity index (χ0) is 16.2. The number of aromatic nitrogens is 1. The van der Waals surface area contributed by atoms with Crippen LogP contribution in [0.3, 0.4) is 0 Å². The van der Waals surface area contributed by atoms with Crippen molar-refractivity contribution in [1.29, 1.82) is 0 Å². The monoisotopic (exact) mass is 310 g/mol. The van der Waals surface area contributed by atoms with Crippen molar-refractivity contribution in [2.24, 2.45) is 0 Å². The summed E-state index contributed by atoms with van der Waals surface area (Å²) in [6.45, 7) is 1.47. The van der Waals surface area contributed by atoms with Gasteiger partial charge in [0.2, 0.25) is 0 Å². The van der Waals surface area contributed by atoms with Gasteiger partial charge < -0.3 is 19.6 Å². The summed E-state index contributed by atoms with van der Waals surface area (Å²) >= 11 is 0. The molecule has 0 aliphatic rings. The van der Waals surface area contributed by atoms with Crippen LogP contribution >= 0.6 is 0 Å². The number of carbonyl (C=O) groups is 1. The molecule has 0 saturated carbocycles. The van der Waals surface area contributed by atoms with E-state index < -0.39 is 46.4 Å². The van der Waals surface area contributed by atoms with Crippen LogP contribution in [-0.4, -0.2) is 28.8 Å². The summed E-state index contributed by atoms with van der Waals surface area (Å²) in [5.74, 6) is -3.13. The molecular formula is C10H9F3N2O6. The van der Waals surface area contributed by atoms with Crippen LogP contribution in [0, 0.1) is 10.1 Å². The lowest BCUT2D eigenvalue weighted by Crippen LogP contribution is -2.22. The molecule has 8 nitrogen and oxygen atoms in total. The van der Waals surface area contributed by atoms with Gasteiger partial charge in [0, 0.05) is 0 Å². The summed E-state index contributed by atoms with van der Waals surface area (Å²) in [4.78, 5) is 34.2. The van der Waals surface area contributed by atoms with Crippen LogP contribution in [0.5, 0.6) is 5.88 Å². The molecule has 1 rings (SSSR count). The van der Waals surface area contributed by atoms with E-state index in [2.05, 4.69) is 9.47 Å². The van der Waals surface area contributed by atoms with Crippen molar-refractivity contribution in [3.63, 3.8) is 0 Å². The number of rotatable bonds is 5. The van der Waals surface area contributed by atoms with Gasteiger partial charge in [0.1, 0.15) is 5.56 Å². The average Bonchev–Trinajstić information content (AvgIpc) is 2.30. The minimum atomic E-state index is -5.13. The Bertz CT molecular complexity index is 610. The standard InChI is InChI=1S/C10H9F3N2O6/c1-2-20-8(17)3-5-6(16)4-7(21-10(11,12)13)14-9(5)15(18)19/h4H,2-3H2,1H3,(H,14,16). The summed E-state index contributed by atoms with van der Waals surface area (Å²) in [5, 5.41) is 10.8. The quantitative estimate of drug-likeness (QED) is 0.498. The number of nitrogens with zero attached hydrogens (tertiary/aromatic N) is 1. The van der Waals surface area contributed by atoms with E-state index in [1.165, 1.54) is 6.92 Å². The third-order valence-electron chi connectivity index (χ3n) is 2.12. The molecule has 0 bridgehead atoms. The molecule has 0 unspecified atom stereocenters. The maximum atomic E-state index is 12.0. The van der Waals surface area contributed by atoms with Gasteiger partial charge in [-0.3, -0.25) is 9.59 Å². The second kappa shape index (κ2) is 6.24. The molecule has 0 saturated heterocycles.